The van der Waals surface area contributed by atoms with Gasteiger partial charge in [0.25, 0.3) is 5.91 Å². The van der Waals surface area contributed by atoms with Crippen LogP contribution in [0.25, 0.3) is 11.1 Å². The van der Waals surface area contributed by atoms with Gasteiger partial charge in [0.2, 0.25) is 0 Å². The number of nitrogens with one attached hydrogen (secondary N) is 1. The number of hydrogen-bond acceptors (Lipinski definition) is 3. The molecule has 0 aliphatic heterocycles. The van der Waals surface area contributed by atoms with Crippen molar-refractivity contribution < 1.29 is 18.0 Å². The van der Waals surface area contributed by atoms with E-state index in [1.807, 2.05) is 0 Å². The molecule has 1 N–H and O–H groups in total. The Balaban J connectivity index is 1.87. The van der Waals surface area contributed by atoms with Crippen LogP contribution in [-0.4, -0.2) is 10.9 Å². The lowest BCUT2D eigenvalue weighted by molar-refractivity contribution is 0.102. The number of amides is 1. The summed E-state index contributed by atoms with van der Waals surface area (Å²) in [6, 6.07) is 7.95. The molecule has 1 aromatic heterocycles. The summed E-state index contributed by atoms with van der Waals surface area (Å²) in [4.78, 5) is 16.2. The number of carbonyl (C=O) groups excluding carboxylic acids is 1. The highest BCUT2D eigenvalue weighted by Gasteiger charge is 2.11. The van der Waals surface area contributed by atoms with Gasteiger partial charge in [0.05, 0.1) is 0 Å². The molecule has 6 heteroatoms. The van der Waals surface area contributed by atoms with Crippen LogP contribution >= 0.6 is 0 Å². The number of aromatic nitrogens is 1. The van der Waals surface area contributed by atoms with Gasteiger partial charge in [-0.2, -0.15) is 0 Å². The summed E-state index contributed by atoms with van der Waals surface area (Å²) in [5, 5.41) is 2.49. The van der Waals surface area contributed by atoms with Gasteiger partial charge in [0.1, 0.15) is 5.52 Å². The zero-order chi connectivity index (χ0) is 15.0. The van der Waals surface area contributed by atoms with Crippen LogP contribution in [0.2, 0.25) is 0 Å². The molecule has 21 heavy (non-hydrogen) atoms. The minimum atomic E-state index is -1.02. The van der Waals surface area contributed by atoms with Gasteiger partial charge in [0.15, 0.2) is 23.1 Å². The first-order valence-corrected chi connectivity index (χ1v) is 6.16. The van der Waals surface area contributed by atoms with Crippen LogP contribution in [0.15, 0.2) is 40.8 Å². The minimum absolute atomic E-state index is 0.174. The average Bonchev–Trinajstić information content (AvgIpc) is 2.82. The second kappa shape index (κ2) is 4.97. The van der Waals surface area contributed by atoms with Gasteiger partial charge in [-0.15, -0.1) is 0 Å². The third-order valence-corrected chi connectivity index (χ3v) is 2.94. The molecule has 1 heterocycles. The highest BCUT2D eigenvalue weighted by Crippen LogP contribution is 2.19. The van der Waals surface area contributed by atoms with Crippen molar-refractivity contribution >= 4 is 22.7 Å². The van der Waals surface area contributed by atoms with E-state index in [2.05, 4.69) is 10.3 Å². The van der Waals surface area contributed by atoms with E-state index in [0.29, 0.717) is 22.6 Å². The second-order valence-electron chi connectivity index (χ2n) is 4.50. The fraction of sp³-hybridized carbons (Fsp3) is 0.0667. The molecule has 0 atom stereocenters. The van der Waals surface area contributed by atoms with Crippen LogP contribution in [0.5, 0.6) is 0 Å². The standard InChI is InChI=1S/C15H10F2N2O2/c1-8-18-13-5-2-9(6-14(13)21-8)15(20)19-10-3-4-11(16)12(17)7-10/h2-7H,1H3,(H,19,20). The molecule has 0 spiro atoms. The maximum Gasteiger partial charge on any atom is 0.255 e. The Labute approximate surface area is 118 Å². The topological polar surface area (TPSA) is 55.1 Å². The first-order chi connectivity index (χ1) is 10.0. The summed E-state index contributed by atoms with van der Waals surface area (Å²) in [6.07, 6.45) is 0. The maximum absolute atomic E-state index is 13.1. The Kier molecular flexibility index (Phi) is 3.13. The van der Waals surface area contributed by atoms with Crippen molar-refractivity contribution in [1.29, 1.82) is 0 Å². The molecule has 0 fully saturated rings. The highest BCUT2D eigenvalue weighted by molar-refractivity contribution is 6.05. The van der Waals surface area contributed by atoms with E-state index in [1.54, 1.807) is 25.1 Å². The number of rotatable bonds is 2. The monoisotopic (exact) mass is 288 g/mol. The maximum atomic E-state index is 13.1. The van der Waals surface area contributed by atoms with E-state index in [9.17, 15) is 13.6 Å². The zero-order valence-corrected chi connectivity index (χ0v) is 11.0. The predicted molar refractivity (Wildman–Crippen MR) is 73.1 cm³/mol. The Morgan fingerprint density at radius 2 is 1.95 bits per heavy atom. The number of carbonyl (C=O) groups is 1. The van der Waals surface area contributed by atoms with Gasteiger partial charge in [-0.05, 0) is 30.3 Å². The highest BCUT2D eigenvalue weighted by atomic mass is 19.2. The molecule has 4 nitrogen and oxygen atoms in total. The van der Waals surface area contributed by atoms with Crippen LogP contribution in [0.1, 0.15) is 16.2 Å². The molecule has 3 rings (SSSR count). The first kappa shape index (κ1) is 13.2. The summed E-state index contributed by atoms with van der Waals surface area (Å²) >= 11 is 0. The van der Waals surface area contributed by atoms with Crippen molar-refractivity contribution in [2.24, 2.45) is 0 Å². The van der Waals surface area contributed by atoms with Crippen LogP contribution in [0.4, 0.5) is 14.5 Å². The molecule has 106 valence electrons. The van der Waals surface area contributed by atoms with Gasteiger partial charge in [-0.1, -0.05) is 0 Å². The Morgan fingerprint density at radius 3 is 2.71 bits per heavy atom. The average molecular weight is 288 g/mol. The Hall–Kier alpha value is -2.76. The number of aryl methyl sites for hydroxylation is 1. The molecule has 0 radical (unpaired) electrons. The van der Waals surface area contributed by atoms with Crippen molar-refractivity contribution in [3.63, 3.8) is 0 Å². The molecule has 0 saturated carbocycles. The number of oxazole rings is 1. The lowest BCUT2D eigenvalue weighted by Crippen LogP contribution is -2.12. The van der Waals surface area contributed by atoms with Crippen molar-refractivity contribution in [3.05, 3.63) is 59.5 Å². The second-order valence-corrected chi connectivity index (χ2v) is 4.50. The minimum Gasteiger partial charge on any atom is -0.441 e. The summed E-state index contributed by atoms with van der Waals surface area (Å²) in [5.74, 6) is -1.93. The lowest BCUT2D eigenvalue weighted by atomic mass is 10.2. The first-order valence-electron chi connectivity index (χ1n) is 6.16. The van der Waals surface area contributed by atoms with E-state index in [4.69, 9.17) is 4.42 Å². The SMILES string of the molecule is Cc1nc2ccc(C(=O)Nc3ccc(F)c(F)c3)cc2o1. The van der Waals surface area contributed by atoms with Gasteiger partial charge in [-0.3, -0.25) is 4.79 Å². The van der Waals surface area contributed by atoms with Gasteiger partial charge in [-0.25, -0.2) is 13.8 Å². The quantitative estimate of drug-likeness (QED) is 0.782. The molecule has 0 unspecified atom stereocenters. The van der Waals surface area contributed by atoms with Crippen LogP contribution in [0, 0.1) is 18.6 Å². The van der Waals surface area contributed by atoms with E-state index in [0.717, 1.165) is 12.1 Å². The van der Waals surface area contributed by atoms with Crippen LogP contribution < -0.4 is 5.32 Å². The molecule has 0 aliphatic rings. The molecule has 1 amide bonds. The summed E-state index contributed by atoms with van der Waals surface area (Å²) < 4.78 is 31.3. The normalized spacial score (nSPS) is 10.8. The number of nitrogens with zero attached hydrogens (tertiary/aromatic N) is 1. The molecule has 0 bridgehead atoms. The van der Waals surface area contributed by atoms with Gasteiger partial charge < -0.3 is 9.73 Å². The van der Waals surface area contributed by atoms with Crippen molar-refractivity contribution in [2.75, 3.05) is 5.32 Å². The Bertz CT molecular complexity index is 843. The van der Waals surface area contributed by atoms with E-state index in [-0.39, 0.29) is 5.69 Å². The van der Waals surface area contributed by atoms with Crippen molar-refractivity contribution in [3.8, 4) is 0 Å². The van der Waals surface area contributed by atoms with Gasteiger partial charge in [0, 0.05) is 24.2 Å². The summed E-state index contributed by atoms with van der Waals surface area (Å²) in [5.41, 5.74) is 1.65. The van der Waals surface area contributed by atoms with Crippen molar-refractivity contribution in [1.82, 2.24) is 4.98 Å². The van der Waals surface area contributed by atoms with Crippen LogP contribution in [-0.2, 0) is 0 Å². The number of halogens is 2. The fourth-order valence-electron chi connectivity index (χ4n) is 1.96. The Morgan fingerprint density at radius 1 is 1.14 bits per heavy atom. The molecular formula is C15H10F2N2O2. The molecule has 3 aromatic rings. The van der Waals surface area contributed by atoms with Crippen molar-refractivity contribution in [2.45, 2.75) is 6.92 Å². The van der Waals surface area contributed by atoms with Gasteiger partial charge >= 0.3 is 0 Å². The third kappa shape index (κ3) is 2.60. The molecular weight excluding hydrogens is 278 g/mol. The van der Waals surface area contributed by atoms with E-state index >= 15 is 0 Å². The smallest absolute Gasteiger partial charge is 0.255 e. The number of hydrogen-bond donors (Lipinski definition) is 1. The molecule has 0 saturated heterocycles. The lowest BCUT2D eigenvalue weighted by Gasteiger charge is -2.05. The molecule has 0 aliphatic carbocycles. The predicted octanol–water partition coefficient (Wildman–Crippen LogP) is 3.67. The number of fused-ring (bicyclic) bond motifs is 1. The number of anilines is 1. The third-order valence-electron chi connectivity index (χ3n) is 2.94. The van der Waals surface area contributed by atoms with E-state index in [1.165, 1.54) is 6.07 Å². The van der Waals surface area contributed by atoms with Crippen LogP contribution in [0.3, 0.4) is 0 Å². The molecule has 2 aromatic carbocycles. The number of benzene rings is 2. The van der Waals surface area contributed by atoms with E-state index < -0.39 is 17.5 Å². The zero-order valence-electron chi connectivity index (χ0n) is 11.0. The largest absolute Gasteiger partial charge is 0.441 e. The summed E-state index contributed by atoms with van der Waals surface area (Å²) in [6.45, 7) is 1.71. The summed E-state index contributed by atoms with van der Waals surface area (Å²) in [7, 11) is 0. The fourth-order valence-corrected chi connectivity index (χ4v) is 1.96.